The predicted octanol–water partition coefficient (Wildman–Crippen LogP) is 1.15. The van der Waals surface area contributed by atoms with E-state index in [2.05, 4.69) is 17.2 Å². The van der Waals surface area contributed by atoms with Crippen molar-refractivity contribution < 1.29 is 4.79 Å². The number of rotatable bonds is 2. The van der Waals surface area contributed by atoms with Crippen LogP contribution in [0, 0.1) is 0 Å². The monoisotopic (exact) mass is 239 g/mol. The van der Waals surface area contributed by atoms with Gasteiger partial charge in [-0.25, -0.2) is 4.98 Å². The van der Waals surface area contributed by atoms with Gasteiger partial charge in [0.15, 0.2) is 5.50 Å². The van der Waals surface area contributed by atoms with Crippen LogP contribution in [0.4, 0.5) is 5.82 Å². The van der Waals surface area contributed by atoms with Crippen molar-refractivity contribution in [2.24, 2.45) is 0 Å². The summed E-state index contributed by atoms with van der Waals surface area (Å²) in [6.45, 7) is 3.37. The number of pyridine rings is 1. The highest BCUT2D eigenvalue weighted by Crippen LogP contribution is 2.15. The maximum Gasteiger partial charge on any atom is 0.260 e. The van der Waals surface area contributed by atoms with E-state index in [9.17, 15) is 4.79 Å². The van der Waals surface area contributed by atoms with Crippen molar-refractivity contribution in [2.75, 3.05) is 18.0 Å². The number of hydrogen-bond acceptors (Lipinski definition) is 3. The van der Waals surface area contributed by atoms with Gasteiger partial charge < -0.3 is 0 Å². The number of carbonyl (C=O) groups is 1. The number of halogens is 1. The van der Waals surface area contributed by atoms with Gasteiger partial charge in [-0.1, -0.05) is 24.6 Å². The maximum atomic E-state index is 11.8. The van der Waals surface area contributed by atoms with Crippen molar-refractivity contribution in [3.63, 3.8) is 0 Å². The van der Waals surface area contributed by atoms with Crippen LogP contribution in [0.2, 0.25) is 0 Å². The van der Waals surface area contributed by atoms with Gasteiger partial charge in [-0.2, -0.15) is 0 Å². The van der Waals surface area contributed by atoms with Crippen LogP contribution in [-0.2, 0) is 11.2 Å². The number of anilines is 1. The smallest absolute Gasteiger partial charge is 0.260 e. The Morgan fingerprint density at radius 2 is 2.44 bits per heavy atom. The minimum atomic E-state index is -0.638. The fraction of sp³-hybridized carbons (Fsp3) is 0.455. The Hall–Kier alpha value is -1.13. The Morgan fingerprint density at radius 1 is 1.62 bits per heavy atom. The van der Waals surface area contributed by atoms with E-state index in [0.717, 1.165) is 12.0 Å². The third-order valence-corrected chi connectivity index (χ3v) is 2.98. The second-order valence-corrected chi connectivity index (χ2v) is 4.12. The molecule has 1 aliphatic rings. The molecule has 1 amide bonds. The average molecular weight is 240 g/mol. The molecule has 5 heteroatoms. The highest BCUT2D eigenvalue weighted by atomic mass is 35.5. The maximum absolute atomic E-state index is 11.8. The minimum absolute atomic E-state index is 0.135. The Labute approximate surface area is 99.6 Å². The van der Waals surface area contributed by atoms with Crippen LogP contribution < -0.4 is 10.2 Å². The lowest BCUT2D eigenvalue weighted by molar-refractivity contribution is -0.119. The minimum Gasteiger partial charge on any atom is -0.293 e. The lowest BCUT2D eigenvalue weighted by atomic mass is 10.2. The van der Waals surface area contributed by atoms with Gasteiger partial charge in [-0.3, -0.25) is 15.0 Å². The SMILES string of the molecule is CCc1ccc(N2CCNC(Cl)C2=O)nc1. The zero-order valence-electron chi connectivity index (χ0n) is 9.11. The number of alkyl halides is 1. The van der Waals surface area contributed by atoms with Gasteiger partial charge in [0, 0.05) is 19.3 Å². The Kier molecular flexibility index (Phi) is 3.41. The van der Waals surface area contributed by atoms with Gasteiger partial charge in [0.25, 0.3) is 5.91 Å². The Bertz CT molecular complexity index is 379. The second-order valence-electron chi connectivity index (χ2n) is 3.68. The summed E-state index contributed by atoms with van der Waals surface area (Å²) in [5, 5.41) is 2.90. The third-order valence-electron chi connectivity index (χ3n) is 2.64. The molecule has 16 heavy (non-hydrogen) atoms. The van der Waals surface area contributed by atoms with E-state index >= 15 is 0 Å². The highest BCUT2D eigenvalue weighted by molar-refractivity contribution is 6.32. The summed E-state index contributed by atoms with van der Waals surface area (Å²) < 4.78 is 0. The van der Waals surface area contributed by atoms with Crippen molar-refractivity contribution in [3.8, 4) is 0 Å². The molecule has 1 saturated heterocycles. The number of piperazine rings is 1. The van der Waals surface area contributed by atoms with Gasteiger partial charge in [-0.15, -0.1) is 0 Å². The van der Waals surface area contributed by atoms with Gasteiger partial charge in [0.1, 0.15) is 5.82 Å². The molecule has 0 aliphatic carbocycles. The van der Waals surface area contributed by atoms with Crippen LogP contribution in [0.25, 0.3) is 0 Å². The number of carbonyl (C=O) groups excluding carboxylic acids is 1. The molecule has 0 saturated carbocycles. The first-order valence-electron chi connectivity index (χ1n) is 5.36. The zero-order chi connectivity index (χ0) is 11.5. The lowest BCUT2D eigenvalue weighted by Gasteiger charge is -2.29. The molecule has 0 aromatic carbocycles. The Balaban J connectivity index is 2.19. The molecule has 1 aromatic rings. The molecule has 2 heterocycles. The summed E-state index contributed by atoms with van der Waals surface area (Å²) in [6, 6.07) is 3.85. The first-order chi connectivity index (χ1) is 7.72. The van der Waals surface area contributed by atoms with E-state index in [1.54, 1.807) is 11.1 Å². The molecular formula is C11H14ClN3O. The first kappa shape index (κ1) is 11.4. The zero-order valence-corrected chi connectivity index (χ0v) is 9.87. The first-order valence-corrected chi connectivity index (χ1v) is 5.79. The number of aromatic nitrogens is 1. The third kappa shape index (κ3) is 2.18. The molecule has 4 nitrogen and oxygen atoms in total. The summed E-state index contributed by atoms with van der Waals surface area (Å²) in [6.07, 6.45) is 2.74. The molecule has 0 spiro atoms. The van der Waals surface area contributed by atoms with Gasteiger partial charge >= 0.3 is 0 Å². The molecule has 1 unspecified atom stereocenters. The van der Waals surface area contributed by atoms with E-state index in [-0.39, 0.29) is 5.91 Å². The summed E-state index contributed by atoms with van der Waals surface area (Å²) >= 11 is 5.84. The highest BCUT2D eigenvalue weighted by Gasteiger charge is 2.27. The molecule has 1 atom stereocenters. The molecule has 1 N–H and O–H groups in total. The van der Waals surface area contributed by atoms with E-state index in [1.165, 1.54) is 0 Å². The quantitative estimate of drug-likeness (QED) is 0.622. The molecule has 2 rings (SSSR count). The molecule has 1 aromatic heterocycles. The summed E-state index contributed by atoms with van der Waals surface area (Å²) in [5.74, 6) is 0.541. The van der Waals surface area contributed by atoms with Crippen LogP contribution in [0.5, 0.6) is 0 Å². The van der Waals surface area contributed by atoms with E-state index < -0.39 is 5.50 Å². The summed E-state index contributed by atoms with van der Waals surface area (Å²) in [5.41, 5.74) is 0.523. The fourth-order valence-electron chi connectivity index (χ4n) is 1.65. The van der Waals surface area contributed by atoms with Crippen molar-refractivity contribution in [1.82, 2.24) is 10.3 Å². The topological polar surface area (TPSA) is 45.2 Å². The van der Waals surface area contributed by atoms with Crippen LogP contribution >= 0.6 is 11.6 Å². The number of nitrogens with one attached hydrogen (secondary N) is 1. The van der Waals surface area contributed by atoms with Gasteiger partial charge in [0.05, 0.1) is 0 Å². The summed E-state index contributed by atoms with van der Waals surface area (Å²) in [7, 11) is 0. The van der Waals surface area contributed by atoms with Gasteiger partial charge in [-0.05, 0) is 18.1 Å². The van der Waals surface area contributed by atoms with Crippen molar-refractivity contribution in [2.45, 2.75) is 18.8 Å². The van der Waals surface area contributed by atoms with Crippen LogP contribution in [0.1, 0.15) is 12.5 Å². The lowest BCUT2D eigenvalue weighted by Crippen LogP contribution is -2.53. The van der Waals surface area contributed by atoms with Crippen LogP contribution in [-0.4, -0.2) is 29.5 Å². The van der Waals surface area contributed by atoms with Crippen LogP contribution in [0.3, 0.4) is 0 Å². The molecule has 86 valence electrons. The van der Waals surface area contributed by atoms with Crippen molar-refractivity contribution >= 4 is 23.3 Å². The molecule has 0 radical (unpaired) electrons. The van der Waals surface area contributed by atoms with Gasteiger partial charge in [0.2, 0.25) is 0 Å². The normalized spacial score (nSPS) is 21.2. The molecule has 0 bridgehead atoms. The number of aryl methyl sites for hydroxylation is 1. The number of amides is 1. The molecule has 1 fully saturated rings. The van der Waals surface area contributed by atoms with Crippen molar-refractivity contribution in [1.29, 1.82) is 0 Å². The fourth-order valence-corrected chi connectivity index (χ4v) is 1.88. The largest absolute Gasteiger partial charge is 0.293 e. The average Bonchev–Trinajstić information content (AvgIpc) is 2.33. The van der Waals surface area contributed by atoms with E-state index in [0.29, 0.717) is 18.9 Å². The van der Waals surface area contributed by atoms with E-state index in [1.807, 2.05) is 12.1 Å². The predicted molar refractivity (Wildman–Crippen MR) is 63.6 cm³/mol. The second kappa shape index (κ2) is 4.80. The standard InChI is InChI=1S/C11H14ClN3O/c1-2-8-3-4-9(14-7-8)15-6-5-13-10(12)11(15)16/h3-4,7,10,13H,2,5-6H2,1H3. The molecular weight excluding hydrogens is 226 g/mol. The summed E-state index contributed by atoms with van der Waals surface area (Å²) in [4.78, 5) is 17.7. The van der Waals surface area contributed by atoms with Crippen molar-refractivity contribution in [3.05, 3.63) is 23.9 Å². The number of hydrogen-bond donors (Lipinski definition) is 1. The Morgan fingerprint density at radius 3 is 3.06 bits per heavy atom. The number of nitrogens with zero attached hydrogens (tertiary/aromatic N) is 2. The van der Waals surface area contributed by atoms with E-state index in [4.69, 9.17) is 11.6 Å². The molecule has 1 aliphatic heterocycles. The van der Waals surface area contributed by atoms with Crippen LogP contribution in [0.15, 0.2) is 18.3 Å².